The molecule has 1 aliphatic carbocycles. The van der Waals surface area contributed by atoms with Gasteiger partial charge in [0.2, 0.25) is 0 Å². The molecule has 0 heterocycles. The second-order valence-electron chi connectivity index (χ2n) is 3.31. The summed E-state index contributed by atoms with van der Waals surface area (Å²) in [6, 6.07) is 0.00972. The van der Waals surface area contributed by atoms with E-state index in [4.69, 9.17) is 5.73 Å². The summed E-state index contributed by atoms with van der Waals surface area (Å²) in [6.45, 7) is 1.77. The van der Waals surface area contributed by atoms with Gasteiger partial charge >= 0.3 is 0 Å². The van der Waals surface area contributed by atoms with E-state index in [0.29, 0.717) is 19.3 Å². The number of carbonyl (C=O) groups excluding carboxylic acids is 1. The fourth-order valence-electron chi connectivity index (χ4n) is 1.64. The van der Waals surface area contributed by atoms with E-state index in [-0.39, 0.29) is 11.8 Å². The molecule has 1 rings (SSSR count). The third kappa shape index (κ3) is 1.60. The number of Topliss-reactive ketones (excluding diaryl/α,β-unsaturated/α-hetero) is 1. The molecule has 2 atom stereocenters. The van der Waals surface area contributed by atoms with Gasteiger partial charge in [-0.25, -0.2) is 0 Å². The van der Waals surface area contributed by atoms with Crippen molar-refractivity contribution in [2.45, 2.75) is 44.2 Å². The lowest BCUT2D eigenvalue weighted by Crippen LogP contribution is -2.36. The third-order valence-corrected chi connectivity index (χ3v) is 2.37. The molecule has 0 spiro atoms. The Balaban J connectivity index is 2.61. The van der Waals surface area contributed by atoms with Crippen LogP contribution in [-0.2, 0) is 4.79 Å². The minimum Gasteiger partial charge on any atom is -0.382 e. The van der Waals surface area contributed by atoms with Gasteiger partial charge in [0.25, 0.3) is 0 Å². The zero-order valence-corrected chi connectivity index (χ0v) is 6.84. The zero-order chi connectivity index (χ0) is 8.48. The minimum atomic E-state index is -1.09. The van der Waals surface area contributed by atoms with Crippen LogP contribution in [0.25, 0.3) is 0 Å². The number of hydrogen-bond acceptors (Lipinski definition) is 3. The van der Waals surface area contributed by atoms with Crippen LogP contribution in [-0.4, -0.2) is 22.5 Å². The van der Waals surface area contributed by atoms with E-state index in [1.807, 2.05) is 0 Å². The van der Waals surface area contributed by atoms with E-state index in [1.165, 1.54) is 0 Å². The summed E-state index contributed by atoms with van der Waals surface area (Å²) in [5.74, 6) is -0.0644. The highest BCUT2D eigenvalue weighted by molar-refractivity contribution is 5.87. The van der Waals surface area contributed by atoms with Crippen molar-refractivity contribution in [2.75, 3.05) is 0 Å². The first kappa shape index (κ1) is 8.68. The highest BCUT2D eigenvalue weighted by Crippen LogP contribution is 2.30. The molecule has 2 unspecified atom stereocenters. The smallest absolute Gasteiger partial charge is 0.164 e. The topological polar surface area (TPSA) is 63.3 Å². The largest absolute Gasteiger partial charge is 0.382 e. The van der Waals surface area contributed by atoms with Gasteiger partial charge in [-0.2, -0.15) is 0 Å². The molecule has 0 aromatic carbocycles. The van der Waals surface area contributed by atoms with Gasteiger partial charge < -0.3 is 10.8 Å². The Hall–Kier alpha value is -0.410. The Kier molecular flexibility index (Phi) is 2.30. The van der Waals surface area contributed by atoms with Crippen LogP contribution < -0.4 is 5.73 Å². The molecule has 11 heavy (non-hydrogen) atoms. The van der Waals surface area contributed by atoms with Crippen molar-refractivity contribution < 1.29 is 9.90 Å². The van der Waals surface area contributed by atoms with Crippen molar-refractivity contribution >= 4 is 5.78 Å². The molecular formula is C8H15NO2. The summed E-state index contributed by atoms with van der Waals surface area (Å²) in [5, 5.41) is 9.70. The fourth-order valence-corrected chi connectivity index (χ4v) is 1.64. The van der Waals surface area contributed by atoms with Crippen molar-refractivity contribution in [1.82, 2.24) is 0 Å². The molecule has 0 aliphatic heterocycles. The van der Waals surface area contributed by atoms with E-state index in [2.05, 4.69) is 0 Å². The highest BCUT2D eigenvalue weighted by Gasteiger charge is 2.40. The molecule has 3 nitrogen and oxygen atoms in total. The van der Waals surface area contributed by atoms with Gasteiger partial charge in [-0.15, -0.1) is 0 Å². The van der Waals surface area contributed by atoms with E-state index in [0.717, 1.165) is 6.42 Å². The molecule has 0 amide bonds. The maximum Gasteiger partial charge on any atom is 0.164 e. The lowest BCUT2D eigenvalue weighted by Gasteiger charge is -2.19. The average Bonchev–Trinajstić information content (AvgIpc) is 2.31. The Morgan fingerprint density at radius 1 is 1.82 bits per heavy atom. The molecule has 0 aromatic heterocycles. The van der Waals surface area contributed by atoms with Crippen LogP contribution in [0.15, 0.2) is 0 Å². The molecule has 0 aromatic rings. The SMILES string of the molecule is CCC(=O)C1(O)CCC(N)C1. The molecule has 0 radical (unpaired) electrons. The number of hydrogen-bond donors (Lipinski definition) is 2. The predicted octanol–water partition coefficient (Wildman–Crippen LogP) is 0.208. The normalized spacial score (nSPS) is 37.5. The minimum absolute atomic E-state index is 0.00972. The van der Waals surface area contributed by atoms with Gasteiger partial charge in [-0.3, -0.25) is 4.79 Å². The Morgan fingerprint density at radius 2 is 2.45 bits per heavy atom. The Bertz CT molecular complexity index is 169. The number of aliphatic hydroxyl groups is 1. The average molecular weight is 157 g/mol. The first-order chi connectivity index (χ1) is 5.08. The van der Waals surface area contributed by atoms with E-state index < -0.39 is 5.60 Å². The summed E-state index contributed by atoms with van der Waals surface area (Å²) in [6.07, 6.45) is 2.16. The summed E-state index contributed by atoms with van der Waals surface area (Å²) >= 11 is 0. The molecule has 1 aliphatic rings. The van der Waals surface area contributed by atoms with E-state index >= 15 is 0 Å². The second-order valence-corrected chi connectivity index (χ2v) is 3.31. The third-order valence-electron chi connectivity index (χ3n) is 2.37. The van der Waals surface area contributed by atoms with Crippen molar-refractivity contribution in [3.8, 4) is 0 Å². The number of rotatable bonds is 2. The highest BCUT2D eigenvalue weighted by atomic mass is 16.3. The van der Waals surface area contributed by atoms with Crippen LogP contribution >= 0.6 is 0 Å². The van der Waals surface area contributed by atoms with Crippen molar-refractivity contribution in [3.63, 3.8) is 0 Å². The molecule has 3 heteroatoms. The Morgan fingerprint density at radius 3 is 2.82 bits per heavy atom. The summed E-state index contributed by atoms with van der Waals surface area (Å²) < 4.78 is 0. The van der Waals surface area contributed by atoms with Crippen LogP contribution in [0, 0.1) is 0 Å². The summed E-state index contributed by atoms with van der Waals surface area (Å²) in [4.78, 5) is 11.2. The molecule has 0 saturated heterocycles. The molecule has 1 fully saturated rings. The zero-order valence-electron chi connectivity index (χ0n) is 6.84. The van der Waals surface area contributed by atoms with Gasteiger partial charge in [-0.1, -0.05) is 6.92 Å². The second kappa shape index (κ2) is 2.91. The first-order valence-corrected chi connectivity index (χ1v) is 4.10. The van der Waals surface area contributed by atoms with Crippen molar-refractivity contribution in [2.24, 2.45) is 5.73 Å². The number of carbonyl (C=O) groups is 1. The van der Waals surface area contributed by atoms with Crippen LogP contribution in [0.1, 0.15) is 32.6 Å². The van der Waals surface area contributed by atoms with Crippen LogP contribution in [0.4, 0.5) is 0 Å². The van der Waals surface area contributed by atoms with Gasteiger partial charge in [-0.05, 0) is 19.3 Å². The molecular weight excluding hydrogens is 142 g/mol. The first-order valence-electron chi connectivity index (χ1n) is 4.10. The lowest BCUT2D eigenvalue weighted by atomic mass is 9.95. The van der Waals surface area contributed by atoms with Gasteiger partial charge in [0.05, 0.1) is 0 Å². The molecule has 1 saturated carbocycles. The Labute approximate surface area is 66.6 Å². The number of nitrogens with two attached hydrogens (primary N) is 1. The molecule has 64 valence electrons. The molecule has 3 N–H and O–H groups in total. The lowest BCUT2D eigenvalue weighted by molar-refractivity contribution is -0.136. The predicted molar refractivity (Wildman–Crippen MR) is 42.1 cm³/mol. The summed E-state index contributed by atoms with van der Waals surface area (Å²) in [5.41, 5.74) is 4.50. The number of ketones is 1. The van der Waals surface area contributed by atoms with Crippen molar-refractivity contribution in [3.05, 3.63) is 0 Å². The fraction of sp³-hybridized carbons (Fsp3) is 0.875. The monoisotopic (exact) mass is 157 g/mol. The van der Waals surface area contributed by atoms with Gasteiger partial charge in [0.1, 0.15) is 5.60 Å². The molecule has 0 bridgehead atoms. The maximum absolute atomic E-state index is 11.2. The van der Waals surface area contributed by atoms with Gasteiger partial charge in [0.15, 0.2) is 5.78 Å². The van der Waals surface area contributed by atoms with E-state index in [9.17, 15) is 9.90 Å². The van der Waals surface area contributed by atoms with Crippen LogP contribution in [0.3, 0.4) is 0 Å². The maximum atomic E-state index is 11.2. The van der Waals surface area contributed by atoms with Crippen LogP contribution in [0.5, 0.6) is 0 Å². The van der Waals surface area contributed by atoms with Crippen molar-refractivity contribution in [1.29, 1.82) is 0 Å². The summed E-state index contributed by atoms with van der Waals surface area (Å²) in [7, 11) is 0. The standard InChI is InChI=1S/C8H15NO2/c1-2-7(10)8(11)4-3-6(9)5-8/h6,11H,2-5,9H2,1H3. The van der Waals surface area contributed by atoms with E-state index in [1.54, 1.807) is 6.92 Å². The van der Waals surface area contributed by atoms with Crippen LogP contribution in [0.2, 0.25) is 0 Å². The van der Waals surface area contributed by atoms with Gasteiger partial charge in [0, 0.05) is 12.5 Å². The quantitative estimate of drug-likeness (QED) is 0.602.